The number of nitrogens with one attached hydrogen (secondary N) is 2. The number of hydrogen-bond donors (Lipinski definition) is 2. The van der Waals surface area contributed by atoms with E-state index in [2.05, 4.69) is 17.2 Å². The summed E-state index contributed by atoms with van der Waals surface area (Å²) in [5.74, 6) is -1.34. The molecule has 2 rings (SSSR count). The van der Waals surface area contributed by atoms with Crippen molar-refractivity contribution in [3.8, 4) is 0 Å². The average molecular weight is 418 g/mol. The number of hydrogen-bond acceptors (Lipinski definition) is 6. The van der Waals surface area contributed by atoms with Gasteiger partial charge >= 0.3 is 5.97 Å². The SMILES string of the molecule is C=CCNC(=O)[C@@H](C)OC(=O)c1ccc(NCc2ccccc2Cl)c([N+](=O)[O-])c1. The van der Waals surface area contributed by atoms with Gasteiger partial charge in [0.05, 0.1) is 10.5 Å². The maximum atomic E-state index is 12.3. The lowest BCUT2D eigenvalue weighted by atomic mass is 10.1. The van der Waals surface area contributed by atoms with Crippen LogP contribution in [0.25, 0.3) is 0 Å². The number of nitro groups is 1. The summed E-state index contributed by atoms with van der Waals surface area (Å²) < 4.78 is 5.07. The van der Waals surface area contributed by atoms with E-state index < -0.39 is 22.9 Å². The molecule has 0 unspecified atom stereocenters. The van der Waals surface area contributed by atoms with Crippen LogP contribution in [-0.2, 0) is 16.1 Å². The molecule has 8 nitrogen and oxygen atoms in total. The Morgan fingerprint density at radius 2 is 2.03 bits per heavy atom. The second kappa shape index (κ2) is 10.2. The predicted molar refractivity (Wildman–Crippen MR) is 110 cm³/mol. The van der Waals surface area contributed by atoms with Gasteiger partial charge in [0.15, 0.2) is 6.10 Å². The minimum Gasteiger partial charge on any atom is -0.449 e. The number of rotatable bonds is 9. The van der Waals surface area contributed by atoms with Crippen LogP contribution in [0.15, 0.2) is 55.1 Å². The van der Waals surface area contributed by atoms with E-state index in [1.54, 1.807) is 18.2 Å². The topological polar surface area (TPSA) is 111 Å². The molecule has 0 aromatic heterocycles. The number of benzene rings is 2. The van der Waals surface area contributed by atoms with Crippen molar-refractivity contribution >= 4 is 34.9 Å². The first-order valence-corrected chi connectivity index (χ1v) is 9.06. The Kier molecular flexibility index (Phi) is 7.73. The third-order valence-corrected chi connectivity index (χ3v) is 4.30. The Morgan fingerprint density at radius 3 is 2.69 bits per heavy atom. The van der Waals surface area contributed by atoms with Crippen molar-refractivity contribution in [3.63, 3.8) is 0 Å². The Morgan fingerprint density at radius 1 is 1.31 bits per heavy atom. The minimum absolute atomic E-state index is 0.0386. The maximum absolute atomic E-state index is 12.3. The summed E-state index contributed by atoms with van der Waals surface area (Å²) in [5.41, 5.74) is 0.660. The maximum Gasteiger partial charge on any atom is 0.339 e. The number of halogens is 1. The molecule has 9 heteroatoms. The minimum atomic E-state index is -1.06. The predicted octanol–water partition coefficient (Wildman–Crippen LogP) is 3.71. The molecule has 0 fully saturated rings. The van der Waals surface area contributed by atoms with E-state index in [0.717, 1.165) is 11.6 Å². The van der Waals surface area contributed by atoms with Crippen LogP contribution in [0.1, 0.15) is 22.8 Å². The number of ether oxygens (including phenoxy) is 1. The molecule has 0 aliphatic rings. The second-order valence-corrected chi connectivity index (χ2v) is 6.42. The molecule has 1 amide bonds. The Hall–Kier alpha value is -3.39. The monoisotopic (exact) mass is 417 g/mol. The highest BCUT2D eigenvalue weighted by Crippen LogP contribution is 2.27. The van der Waals surface area contributed by atoms with Gasteiger partial charge in [0.1, 0.15) is 5.69 Å². The van der Waals surface area contributed by atoms with Crippen LogP contribution in [0, 0.1) is 10.1 Å². The van der Waals surface area contributed by atoms with Gasteiger partial charge in [0, 0.05) is 24.2 Å². The van der Waals surface area contributed by atoms with Gasteiger partial charge in [-0.05, 0) is 30.7 Å². The Bertz CT molecular complexity index is 932. The second-order valence-electron chi connectivity index (χ2n) is 6.02. The van der Waals surface area contributed by atoms with Crippen molar-refractivity contribution in [1.29, 1.82) is 0 Å². The van der Waals surface area contributed by atoms with Crippen LogP contribution in [0.5, 0.6) is 0 Å². The summed E-state index contributed by atoms with van der Waals surface area (Å²) in [6, 6.07) is 11.0. The first kappa shape index (κ1) is 21.9. The summed E-state index contributed by atoms with van der Waals surface area (Å²) in [7, 11) is 0. The number of nitro benzene ring substituents is 1. The number of esters is 1. The first-order valence-electron chi connectivity index (χ1n) is 8.68. The van der Waals surface area contributed by atoms with Crippen molar-refractivity contribution < 1.29 is 19.2 Å². The quantitative estimate of drug-likeness (QED) is 0.278. The summed E-state index contributed by atoms with van der Waals surface area (Å²) in [6.07, 6.45) is 0.434. The molecule has 0 spiro atoms. The van der Waals surface area contributed by atoms with Crippen molar-refractivity contribution in [3.05, 3.63) is 81.4 Å². The van der Waals surface area contributed by atoms with Crippen LogP contribution in [-0.4, -0.2) is 29.4 Å². The highest BCUT2D eigenvalue weighted by atomic mass is 35.5. The molecule has 0 aliphatic carbocycles. The van der Waals surface area contributed by atoms with E-state index in [9.17, 15) is 19.7 Å². The highest BCUT2D eigenvalue weighted by molar-refractivity contribution is 6.31. The lowest BCUT2D eigenvalue weighted by molar-refractivity contribution is -0.384. The standard InChI is InChI=1S/C20H20ClN3O5/c1-3-10-22-19(25)13(2)29-20(26)14-8-9-17(18(11-14)24(27)28)23-12-15-6-4-5-7-16(15)21/h3-9,11,13,23H,1,10,12H2,2H3,(H,22,25)/t13-/m1/s1. The van der Waals surface area contributed by atoms with Gasteiger partial charge in [-0.25, -0.2) is 4.79 Å². The third kappa shape index (κ3) is 6.05. The molecule has 0 radical (unpaired) electrons. The van der Waals surface area contributed by atoms with Crippen LogP contribution >= 0.6 is 11.6 Å². The highest BCUT2D eigenvalue weighted by Gasteiger charge is 2.22. The lowest BCUT2D eigenvalue weighted by Gasteiger charge is -2.13. The van der Waals surface area contributed by atoms with Gasteiger partial charge in [-0.3, -0.25) is 14.9 Å². The lowest BCUT2D eigenvalue weighted by Crippen LogP contribution is -2.35. The van der Waals surface area contributed by atoms with E-state index >= 15 is 0 Å². The van der Waals surface area contributed by atoms with Crippen LogP contribution in [0.3, 0.4) is 0 Å². The van der Waals surface area contributed by atoms with Gasteiger partial charge in [-0.1, -0.05) is 35.9 Å². The van der Waals surface area contributed by atoms with Gasteiger partial charge in [-0.2, -0.15) is 0 Å². The van der Waals surface area contributed by atoms with Gasteiger partial charge in [0.25, 0.3) is 11.6 Å². The van der Waals surface area contributed by atoms with Gasteiger partial charge in [-0.15, -0.1) is 6.58 Å². The zero-order valence-corrected chi connectivity index (χ0v) is 16.4. The first-order chi connectivity index (χ1) is 13.8. The molecule has 2 N–H and O–H groups in total. The zero-order chi connectivity index (χ0) is 21.4. The van der Waals surface area contributed by atoms with E-state index in [-0.39, 0.29) is 30.0 Å². The van der Waals surface area contributed by atoms with Crippen LogP contribution < -0.4 is 10.6 Å². The largest absolute Gasteiger partial charge is 0.449 e. The fourth-order valence-corrected chi connectivity index (χ4v) is 2.59. The van der Waals surface area contributed by atoms with Crippen molar-refractivity contribution in [2.75, 3.05) is 11.9 Å². The normalized spacial score (nSPS) is 11.2. The molecule has 29 heavy (non-hydrogen) atoms. The molecule has 1 atom stereocenters. The van der Waals surface area contributed by atoms with E-state index in [1.165, 1.54) is 25.1 Å². The molecular weight excluding hydrogens is 398 g/mol. The van der Waals surface area contributed by atoms with Gasteiger partial charge < -0.3 is 15.4 Å². The zero-order valence-electron chi connectivity index (χ0n) is 15.7. The fourth-order valence-electron chi connectivity index (χ4n) is 2.39. The Labute approximate surface area is 172 Å². The number of carbonyl (C=O) groups excluding carboxylic acids is 2. The molecule has 2 aromatic rings. The third-order valence-electron chi connectivity index (χ3n) is 3.93. The molecule has 0 saturated carbocycles. The Balaban J connectivity index is 2.13. The average Bonchev–Trinajstić information content (AvgIpc) is 2.71. The van der Waals surface area contributed by atoms with E-state index in [0.29, 0.717) is 5.02 Å². The van der Waals surface area contributed by atoms with Crippen molar-refractivity contribution in [1.82, 2.24) is 5.32 Å². The molecule has 0 bridgehead atoms. The molecular formula is C20H20ClN3O5. The molecule has 0 heterocycles. The molecule has 0 saturated heterocycles. The smallest absolute Gasteiger partial charge is 0.339 e. The van der Waals surface area contributed by atoms with Crippen LogP contribution in [0.2, 0.25) is 5.02 Å². The van der Waals surface area contributed by atoms with E-state index in [4.69, 9.17) is 16.3 Å². The summed E-state index contributed by atoms with van der Waals surface area (Å²) in [5, 5.41) is 17.4. The molecule has 2 aromatic carbocycles. The summed E-state index contributed by atoms with van der Waals surface area (Å²) in [6.45, 7) is 5.38. The number of amides is 1. The van der Waals surface area contributed by atoms with E-state index in [1.807, 2.05) is 6.07 Å². The van der Waals surface area contributed by atoms with Crippen LogP contribution in [0.4, 0.5) is 11.4 Å². The van der Waals surface area contributed by atoms with Crippen molar-refractivity contribution in [2.45, 2.75) is 19.6 Å². The van der Waals surface area contributed by atoms with Gasteiger partial charge in [0.2, 0.25) is 0 Å². The molecule has 152 valence electrons. The van der Waals surface area contributed by atoms with Crippen molar-refractivity contribution in [2.24, 2.45) is 0 Å². The fraction of sp³-hybridized carbons (Fsp3) is 0.200. The summed E-state index contributed by atoms with van der Waals surface area (Å²) >= 11 is 6.09. The summed E-state index contributed by atoms with van der Waals surface area (Å²) in [4.78, 5) is 34.9. The number of carbonyl (C=O) groups is 2. The number of anilines is 1. The molecule has 0 aliphatic heterocycles. The number of nitrogens with zero attached hydrogens (tertiary/aromatic N) is 1.